The van der Waals surface area contributed by atoms with Gasteiger partial charge in [0.1, 0.15) is 6.10 Å². The third-order valence-electron chi connectivity index (χ3n) is 3.81. The largest absolute Gasteiger partial charge is 0.386 e. The van der Waals surface area contributed by atoms with Crippen LogP contribution in [0.1, 0.15) is 50.5 Å². The van der Waals surface area contributed by atoms with Crippen molar-refractivity contribution in [3.8, 4) is 0 Å². The lowest BCUT2D eigenvalue weighted by molar-refractivity contribution is 0.155. The van der Waals surface area contributed by atoms with Crippen molar-refractivity contribution >= 4 is 11.3 Å². The van der Waals surface area contributed by atoms with Crippen molar-refractivity contribution in [1.29, 1.82) is 0 Å². The van der Waals surface area contributed by atoms with Crippen LogP contribution in [0.25, 0.3) is 0 Å². The molecule has 1 aliphatic rings. The highest BCUT2D eigenvalue weighted by molar-refractivity contribution is 7.10. The van der Waals surface area contributed by atoms with E-state index in [1.54, 1.807) is 11.3 Å². The molecule has 2 nitrogen and oxygen atoms in total. The van der Waals surface area contributed by atoms with Gasteiger partial charge < -0.3 is 10.4 Å². The maximum absolute atomic E-state index is 9.99. The van der Waals surface area contributed by atoms with Crippen molar-refractivity contribution in [1.82, 2.24) is 5.32 Å². The second-order valence-electron chi connectivity index (χ2n) is 5.88. The molecule has 0 amide bonds. The predicted octanol–water partition coefficient (Wildman–Crippen LogP) is 3.34. The Balaban J connectivity index is 1.73. The van der Waals surface area contributed by atoms with Crippen molar-refractivity contribution in [2.45, 2.75) is 51.7 Å². The Labute approximate surface area is 108 Å². The molecule has 17 heavy (non-hydrogen) atoms. The Bertz CT molecular complexity index is 324. The van der Waals surface area contributed by atoms with Crippen molar-refractivity contribution in [3.63, 3.8) is 0 Å². The molecule has 1 aliphatic carbocycles. The molecule has 2 N–H and O–H groups in total. The van der Waals surface area contributed by atoms with Gasteiger partial charge in [0.05, 0.1) is 0 Å². The molecule has 1 saturated carbocycles. The van der Waals surface area contributed by atoms with Crippen molar-refractivity contribution in [3.05, 3.63) is 22.4 Å². The average Bonchev–Trinajstić information content (AvgIpc) is 2.80. The third kappa shape index (κ3) is 3.80. The molecule has 0 aromatic carbocycles. The smallest absolute Gasteiger partial charge is 0.101 e. The minimum absolute atomic E-state index is 0.343. The first kappa shape index (κ1) is 13.1. The monoisotopic (exact) mass is 253 g/mol. The molecule has 96 valence electrons. The van der Waals surface area contributed by atoms with E-state index in [0.717, 1.165) is 4.88 Å². The Kier molecular flexibility index (Phi) is 4.23. The van der Waals surface area contributed by atoms with Crippen LogP contribution in [0, 0.1) is 5.41 Å². The molecule has 0 radical (unpaired) electrons. The number of aliphatic hydroxyl groups is 1. The maximum Gasteiger partial charge on any atom is 0.101 e. The standard InChI is InChI=1S/C14H23NOS/c1-14(2)7-5-11(6-8-14)15-10-12(16)13-4-3-9-17-13/h3-4,9,11-12,15-16H,5-8,10H2,1-2H3. The topological polar surface area (TPSA) is 32.3 Å². The molecule has 3 heteroatoms. The molecular formula is C14H23NOS. The second-order valence-corrected chi connectivity index (χ2v) is 6.86. The van der Waals surface area contributed by atoms with E-state index in [2.05, 4.69) is 19.2 Å². The normalized spacial score (nSPS) is 22.5. The number of hydrogen-bond donors (Lipinski definition) is 2. The highest BCUT2D eigenvalue weighted by atomic mass is 32.1. The molecule has 2 rings (SSSR count). The van der Waals surface area contributed by atoms with Gasteiger partial charge in [-0.2, -0.15) is 0 Å². The van der Waals surface area contributed by atoms with Crippen LogP contribution < -0.4 is 5.32 Å². The lowest BCUT2D eigenvalue weighted by Gasteiger charge is -2.35. The van der Waals surface area contributed by atoms with Crippen LogP contribution in [-0.2, 0) is 0 Å². The maximum atomic E-state index is 9.99. The third-order valence-corrected chi connectivity index (χ3v) is 4.78. The molecule has 1 atom stereocenters. The predicted molar refractivity (Wildman–Crippen MR) is 73.3 cm³/mol. The van der Waals surface area contributed by atoms with Gasteiger partial charge in [0.15, 0.2) is 0 Å². The molecule has 0 aliphatic heterocycles. The van der Waals surface area contributed by atoms with E-state index in [0.29, 0.717) is 18.0 Å². The summed E-state index contributed by atoms with van der Waals surface area (Å²) in [5, 5.41) is 15.5. The van der Waals surface area contributed by atoms with Gasteiger partial charge in [0.25, 0.3) is 0 Å². The number of nitrogens with one attached hydrogen (secondary N) is 1. The van der Waals surface area contributed by atoms with Crippen LogP contribution in [-0.4, -0.2) is 17.7 Å². The summed E-state index contributed by atoms with van der Waals surface area (Å²) < 4.78 is 0. The van der Waals surface area contributed by atoms with Gasteiger partial charge in [-0.05, 0) is 42.5 Å². The summed E-state index contributed by atoms with van der Waals surface area (Å²) in [6.07, 6.45) is 4.72. The number of thiophene rings is 1. The van der Waals surface area contributed by atoms with E-state index in [-0.39, 0.29) is 6.10 Å². The van der Waals surface area contributed by atoms with Crippen LogP contribution >= 0.6 is 11.3 Å². The van der Waals surface area contributed by atoms with Gasteiger partial charge in [-0.15, -0.1) is 11.3 Å². The molecule has 0 bridgehead atoms. The second kappa shape index (κ2) is 5.51. The van der Waals surface area contributed by atoms with Gasteiger partial charge >= 0.3 is 0 Å². The lowest BCUT2D eigenvalue weighted by Crippen LogP contribution is -2.37. The van der Waals surface area contributed by atoms with E-state index in [9.17, 15) is 5.11 Å². The number of rotatable bonds is 4. The molecule has 0 saturated heterocycles. The summed E-state index contributed by atoms with van der Waals surface area (Å²) in [7, 11) is 0. The molecule has 1 heterocycles. The zero-order valence-corrected chi connectivity index (χ0v) is 11.6. The van der Waals surface area contributed by atoms with E-state index in [1.807, 2.05) is 17.5 Å². The van der Waals surface area contributed by atoms with Gasteiger partial charge in [0.2, 0.25) is 0 Å². The fraction of sp³-hybridized carbons (Fsp3) is 0.714. The van der Waals surface area contributed by atoms with Crippen LogP contribution in [0.3, 0.4) is 0 Å². The van der Waals surface area contributed by atoms with E-state index in [4.69, 9.17) is 0 Å². The first-order valence-corrected chi connectivity index (χ1v) is 7.40. The summed E-state index contributed by atoms with van der Waals surface area (Å²) in [5.74, 6) is 0. The fourth-order valence-electron chi connectivity index (χ4n) is 2.46. The fourth-order valence-corrected chi connectivity index (χ4v) is 3.17. The Hall–Kier alpha value is -0.380. The highest BCUT2D eigenvalue weighted by Crippen LogP contribution is 2.35. The minimum Gasteiger partial charge on any atom is -0.386 e. The zero-order chi connectivity index (χ0) is 12.3. The molecule has 0 spiro atoms. The Morgan fingerprint density at radius 3 is 2.76 bits per heavy atom. The molecule has 1 aromatic rings. The van der Waals surface area contributed by atoms with Gasteiger partial charge in [-0.1, -0.05) is 19.9 Å². The Morgan fingerprint density at radius 2 is 2.18 bits per heavy atom. The highest BCUT2D eigenvalue weighted by Gasteiger charge is 2.26. The molecule has 1 aromatic heterocycles. The van der Waals surface area contributed by atoms with Crippen molar-refractivity contribution < 1.29 is 5.11 Å². The summed E-state index contributed by atoms with van der Waals surface area (Å²) in [4.78, 5) is 1.06. The summed E-state index contributed by atoms with van der Waals surface area (Å²) in [6, 6.07) is 4.59. The van der Waals surface area contributed by atoms with Crippen molar-refractivity contribution in [2.75, 3.05) is 6.54 Å². The van der Waals surface area contributed by atoms with Crippen LogP contribution in [0.4, 0.5) is 0 Å². The molecule has 1 unspecified atom stereocenters. The van der Waals surface area contributed by atoms with Gasteiger partial charge in [-0.3, -0.25) is 0 Å². The average molecular weight is 253 g/mol. The summed E-state index contributed by atoms with van der Waals surface area (Å²) in [6.45, 7) is 5.39. The molecular weight excluding hydrogens is 230 g/mol. The van der Waals surface area contributed by atoms with Crippen LogP contribution in [0.5, 0.6) is 0 Å². The van der Waals surface area contributed by atoms with Crippen molar-refractivity contribution in [2.24, 2.45) is 5.41 Å². The minimum atomic E-state index is -0.343. The van der Waals surface area contributed by atoms with Gasteiger partial charge in [0, 0.05) is 17.5 Å². The number of hydrogen-bond acceptors (Lipinski definition) is 3. The van der Waals surface area contributed by atoms with E-state index in [1.165, 1.54) is 25.7 Å². The SMILES string of the molecule is CC1(C)CCC(NCC(O)c2cccs2)CC1. The van der Waals surface area contributed by atoms with Crippen LogP contribution in [0.2, 0.25) is 0 Å². The Morgan fingerprint density at radius 1 is 1.47 bits per heavy atom. The zero-order valence-electron chi connectivity index (χ0n) is 10.8. The summed E-state index contributed by atoms with van der Waals surface area (Å²) >= 11 is 1.63. The first-order chi connectivity index (χ1) is 8.07. The summed E-state index contributed by atoms with van der Waals surface area (Å²) in [5.41, 5.74) is 0.518. The lowest BCUT2D eigenvalue weighted by atomic mass is 9.75. The van der Waals surface area contributed by atoms with Crippen LogP contribution in [0.15, 0.2) is 17.5 Å². The van der Waals surface area contributed by atoms with Gasteiger partial charge in [-0.25, -0.2) is 0 Å². The molecule has 1 fully saturated rings. The van der Waals surface area contributed by atoms with E-state index < -0.39 is 0 Å². The van der Waals surface area contributed by atoms with E-state index >= 15 is 0 Å². The quantitative estimate of drug-likeness (QED) is 0.862. The first-order valence-electron chi connectivity index (χ1n) is 6.52. The number of aliphatic hydroxyl groups excluding tert-OH is 1.